The molecule has 0 aromatic heterocycles. The van der Waals surface area contributed by atoms with Gasteiger partial charge in [-0.25, -0.2) is 4.67 Å². The number of rotatable bonds is 1. The Hall–Kier alpha value is 0.110. The zero-order valence-electron chi connectivity index (χ0n) is 5.29. The van der Waals surface area contributed by atoms with Crippen LogP contribution in [-0.4, -0.2) is 17.8 Å². The van der Waals surface area contributed by atoms with E-state index in [0.717, 1.165) is 25.9 Å². The molecule has 1 saturated heterocycles. The van der Waals surface area contributed by atoms with Gasteiger partial charge in [0.2, 0.25) is 0 Å². The van der Waals surface area contributed by atoms with Crippen molar-refractivity contribution in [2.24, 2.45) is 11.0 Å². The van der Waals surface area contributed by atoms with Crippen LogP contribution in [0.2, 0.25) is 0 Å². The average Bonchev–Trinajstić information content (AvgIpc) is 2.08. The Bertz CT molecular complexity index is 137. The van der Waals surface area contributed by atoms with Gasteiger partial charge in [0.25, 0.3) is 7.59 Å². The minimum absolute atomic E-state index is 0.796. The zero-order valence-corrected chi connectivity index (χ0v) is 6.18. The van der Waals surface area contributed by atoms with Gasteiger partial charge in [-0.1, -0.05) is 0 Å². The maximum atomic E-state index is 10.9. The summed E-state index contributed by atoms with van der Waals surface area (Å²) in [5, 5.41) is 0. The van der Waals surface area contributed by atoms with Crippen LogP contribution in [0.1, 0.15) is 12.8 Å². The predicted molar refractivity (Wildman–Crippen MR) is 36.8 cm³/mol. The van der Waals surface area contributed by atoms with Crippen LogP contribution in [0.4, 0.5) is 0 Å². The largest absolute Gasteiger partial charge is 0.276 e. The first kappa shape index (κ1) is 7.22. The Labute approximate surface area is 54.7 Å². The van der Waals surface area contributed by atoms with Gasteiger partial charge >= 0.3 is 0 Å². The second-order valence-corrected chi connectivity index (χ2v) is 4.24. The first-order valence-corrected chi connectivity index (χ1v) is 4.83. The summed E-state index contributed by atoms with van der Waals surface area (Å²) in [5.41, 5.74) is 10.4. The van der Waals surface area contributed by atoms with Gasteiger partial charge in [-0.3, -0.25) is 15.6 Å². The molecule has 0 amide bonds. The molecule has 0 aliphatic carbocycles. The molecule has 9 heavy (non-hydrogen) atoms. The molecule has 0 radical (unpaired) electrons. The third-order valence-corrected chi connectivity index (χ3v) is 2.81. The van der Waals surface area contributed by atoms with E-state index >= 15 is 0 Å². The fraction of sp³-hybridized carbons (Fsp3) is 1.00. The van der Waals surface area contributed by atoms with E-state index in [1.165, 1.54) is 0 Å². The lowest BCUT2D eigenvalue weighted by molar-refractivity contribution is 0.476. The molecule has 0 atom stereocenters. The minimum Gasteiger partial charge on any atom is -0.271 e. The third kappa shape index (κ3) is 1.76. The Morgan fingerprint density at radius 2 is 1.67 bits per heavy atom. The molecule has 4 N–H and O–H groups in total. The summed E-state index contributed by atoms with van der Waals surface area (Å²) >= 11 is 0. The lowest BCUT2D eigenvalue weighted by Crippen LogP contribution is -2.25. The van der Waals surface area contributed by atoms with E-state index < -0.39 is 7.59 Å². The average molecular weight is 149 g/mol. The highest BCUT2D eigenvalue weighted by molar-refractivity contribution is 7.56. The molecule has 1 aliphatic heterocycles. The van der Waals surface area contributed by atoms with Gasteiger partial charge in [-0.05, 0) is 12.8 Å². The maximum absolute atomic E-state index is 10.9. The van der Waals surface area contributed by atoms with E-state index in [-0.39, 0.29) is 0 Å². The van der Waals surface area contributed by atoms with Crippen molar-refractivity contribution >= 4 is 7.59 Å². The summed E-state index contributed by atoms with van der Waals surface area (Å²) in [4.78, 5) is 0. The lowest BCUT2D eigenvalue weighted by Gasteiger charge is -2.17. The van der Waals surface area contributed by atoms with Gasteiger partial charge in [0, 0.05) is 13.1 Å². The summed E-state index contributed by atoms with van der Waals surface area (Å²) in [7, 11) is -2.88. The van der Waals surface area contributed by atoms with Crippen molar-refractivity contribution in [2.75, 3.05) is 13.1 Å². The molecule has 0 bridgehead atoms. The van der Waals surface area contributed by atoms with E-state index in [4.69, 9.17) is 11.0 Å². The lowest BCUT2D eigenvalue weighted by atomic mass is 10.4. The van der Waals surface area contributed by atoms with E-state index in [1.807, 2.05) is 0 Å². The zero-order chi connectivity index (χ0) is 6.91. The van der Waals surface area contributed by atoms with E-state index in [9.17, 15) is 4.57 Å². The molecule has 1 heterocycles. The van der Waals surface area contributed by atoms with Crippen molar-refractivity contribution in [3.05, 3.63) is 0 Å². The highest BCUT2D eigenvalue weighted by Crippen LogP contribution is 2.34. The molecule has 4 nitrogen and oxygen atoms in total. The second-order valence-electron chi connectivity index (χ2n) is 2.33. The Morgan fingerprint density at radius 1 is 1.22 bits per heavy atom. The number of nitrogens with zero attached hydrogens (tertiary/aromatic N) is 1. The van der Waals surface area contributed by atoms with Gasteiger partial charge in [-0.15, -0.1) is 0 Å². The Kier molecular flexibility index (Phi) is 1.91. The fourth-order valence-corrected chi connectivity index (χ4v) is 1.92. The summed E-state index contributed by atoms with van der Waals surface area (Å²) in [6.07, 6.45) is 2.14. The molecule has 5 heteroatoms. The highest BCUT2D eigenvalue weighted by atomic mass is 31.2. The molecule has 0 spiro atoms. The molecule has 1 fully saturated rings. The van der Waals surface area contributed by atoms with E-state index in [0.29, 0.717) is 0 Å². The summed E-state index contributed by atoms with van der Waals surface area (Å²) in [6.45, 7) is 1.59. The molecule has 0 saturated carbocycles. The summed E-state index contributed by atoms with van der Waals surface area (Å²) in [5.74, 6) is 0. The number of nitrogens with two attached hydrogens (primary N) is 2. The molecule has 0 unspecified atom stereocenters. The van der Waals surface area contributed by atoms with Crippen molar-refractivity contribution < 1.29 is 4.57 Å². The predicted octanol–water partition coefficient (Wildman–Crippen LogP) is 0.108. The smallest absolute Gasteiger partial charge is 0.271 e. The molecular formula is C4H12N3OP. The quantitative estimate of drug-likeness (QED) is 0.519. The molecular weight excluding hydrogens is 137 g/mol. The van der Waals surface area contributed by atoms with Crippen LogP contribution in [0, 0.1) is 0 Å². The topological polar surface area (TPSA) is 72.3 Å². The summed E-state index contributed by atoms with van der Waals surface area (Å²) in [6, 6.07) is 0. The van der Waals surface area contributed by atoms with Crippen LogP contribution in [0.3, 0.4) is 0 Å². The van der Waals surface area contributed by atoms with E-state index in [1.54, 1.807) is 4.67 Å². The molecule has 0 aromatic carbocycles. The third-order valence-electron chi connectivity index (χ3n) is 1.52. The van der Waals surface area contributed by atoms with Crippen LogP contribution in [0.5, 0.6) is 0 Å². The normalized spacial score (nSPS) is 22.9. The van der Waals surface area contributed by atoms with Gasteiger partial charge in [-0.2, -0.15) is 0 Å². The molecule has 54 valence electrons. The maximum Gasteiger partial charge on any atom is 0.276 e. The standard InChI is InChI=1S/C4H12N3OP/c5-9(6,8)7-3-1-2-4-7/h1-4H2,(H4,5,6,8). The molecule has 1 rings (SSSR count). The Morgan fingerprint density at radius 3 is 1.89 bits per heavy atom. The SMILES string of the molecule is NP(N)(=O)N1CCCC1. The summed E-state index contributed by atoms with van der Waals surface area (Å²) < 4.78 is 12.6. The number of hydrogen-bond donors (Lipinski definition) is 2. The first-order chi connectivity index (χ1) is 4.11. The van der Waals surface area contributed by atoms with Crippen molar-refractivity contribution in [3.63, 3.8) is 0 Å². The van der Waals surface area contributed by atoms with Crippen molar-refractivity contribution in [1.29, 1.82) is 0 Å². The first-order valence-electron chi connectivity index (χ1n) is 3.03. The molecule has 0 aromatic rings. The van der Waals surface area contributed by atoms with Crippen LogP contribution < -0.4 is 11.0 Å². The van der Waals surface area contributed by atoms with Crippen molar-refractivity contribution in [3.8, 4) is 0 Å². The highest BCUT2D eigenvalue weighted by Gasteiger charge is 2.23. The van der Waals surface area contributed by atoms with Crippen LogP contribution in [0.15, 0.2) is 0 Å². The van der Waals surface area contributed by atoms with E-state index in [2.05, 4.69) is 0 Å². The van der Waals surface area contributed by atoms with Crippen molar-refractivity contribution in [2.45, 2.75) is 12.8 Å². The van der Waals surface area contributed by atoms with Crippen LogP contribution in [-0.2, 0) is 4.57 Å². The van der Waals surface area contributed by atoms with Gasteiger partial charge in [0.05, 0.1) is 0 Å². The van der Waals surface area contributed by atoms with Gasteiger partial charge in [0.15, 0.2) is 0 Å². The monoisotopic (exact) mass is 149 g/mol. The van der Waals surface area contributed by atoms with Crippen LogP contribution >= 0.6 is 7.59 Å². The fourth-order valence-electron chi connectivity index (χ4n) is 1.01. The van der Waals surface area contributed by atoms with Crippen molar-refractivity contribution in [1.82, 2.24) is 4.67 Å². The van der Waals surface area contributed by atoms with Gasteiger partial charge in [0.1, 0.15) is 0 Å². The molecule has 1 aliphatic rings. The van der Waals surface area contributed by atoms with Gasteiger partial charge < -0.3 is 0 Å². The number of hydrogen-bond acceptors (Lipinski definition) is 1. The second kappa shape index (κ2) is 2.39. The van der Waals surface area contributed by atoms with Crippen LogP contribution in [0.25, 0.3) is 0 Å². The minimum atomic E-state index is -2.88. The Balaban J connectivity index is 2.52.